The molecule has 1 N–H and O–H groups in total. The first-order valence-electron chi connectivity index (χ1n) is 17.9. The first-order valence-corrected chi connectivity index (χ1v) is 19.5. The van der Waals surface area contributed by atoms with Gasteiger partial charge in [0, 0.05) is 48.2 Å². The summed E-state index contributed by atoms with van der Waals surface area (Å²) in [6, 6.07) is 14.3. The average molecular weight is 675 g/mol. The average Bonchev–Trinajstić information content (AvgIpc) is 3.70. The Bertz CT molecular complexity index is 1790. The number of piperazine rings is 1. The highest BCUT2D eigenvalue weighted by Crippen LogP contribution is 2.53. The van der Waals surface area contributed by atoms with E-state index in [1.54, 1.807) is 13.2 Å². The van der Waals surface area contributed by atoms with Crippen LogP contribution in [0.15, 0.2) is 42.5 Å². The van der Waals surface area contributed by atoms with Gasteiger partial charge in [0.25, 0.3) is 5.91 Å². The number of carbonyl (C=O) groups excluding carboxylic acids is 2. The lowest BCUT2D eigenvalue weighted by Gasteiger charge is -2.41. The Morgan fingerprint density at radius 2 is 1.62 bits per heavy atom. The van der Waals surface area contributed by atoms with Crippen molar-refractivity contribution in [3.05, 3.63) is 53.6 Å². The molecule has 3 heterocycles. The molecular weight excluding hydrogens is 625 g/mol. The van der Waals surface area contributed by atoms with Gasteiger partial charge in [-0.2, -0.15) is 0 Å². The molecule has 2 bridgehead atoms. The van der Waals surface area contributed by atoms with Gasteiger partial charge in [-0.3, -0.25) is 9.59 Å². The normalized spacial score (nSPS) is 22.7. The van der Waals surface area contributed by atoms with E-state index < -0.39 is 21.3 Å². The number of likely N-dealkylation sites (tertiary alicyclic amines) is 1. The highest BCUT2D eigenvalue weighted by atomic mass is 32.2. The highest BCUT2D eigenvalue weighted by Gasteiger charge is 2.56. The largest absolute Gasteiger partial charge is 0.497 e. The maximum Gasteiger partial charge on any atom is 0.264 e. The van der Waals surface area contributed by atoms with Gasteiger partial charge in [-0.1, -0.05) is 39.2 Å². The maximum absolute atomic E-state index is 14.6. The number of sulfonamides is 1. The van der Waals surface area contributed by atoms with Gasteiger partial charge >= 0.3 is 0 Å². The van der Waals surface area contributed by atoms with Gasteiger partial charge in [0.05, 0.1) is 24.0 Å². The summed E-state index contributed by atoms with van der Waals surface area (Å²) < 4.78 is 35.7. The summed E-state index contributed by atoms with van der Waals surface area (Å²) in [4.78, 5) is 32.7. The summed E-state index contributed by atoms with van der Waals surface area (Å²) in [7, 11) is 0.0383. The molecular formula is C38H50N4O5S. The molecule has 2 amide bonds. The van der Waals surface area contributed by atoms with Crippen molar-refractivity contribution in [3.63, 3.8) is 0 Å². The number of rotatable bonds is 10. The lowest BCUT2D eigenvalue weighted by Crippen LogP contribution is -2.56. The number of hydrogen-bond donors (Lipinski definition) is 1. The molecule has 4 aliphatic rings. The summed E-state index contributed by atoms with van der Waals surface area (Å²) in [5.74, 6) is 0.554. The zero-order chi connectivity index (χ0) is 33.8. The van der Waals surface area contributed by atoms with Crippen LogP contribution in [0.25, 0.3) is 22.2 Å². The summed E-state index contributed by atoms with van der Waals surface area (Å²) in [5, 5.41) is 1.08. The topological polar surface area (TPSA) is 101 Å². The Morgan fingerprint density at radius 3 is 2.23 bits per heavy atom. The van der Waals surface area contributed by atoms with Gasteiger partial charge in [-0.25, -0.2) is 13.1 Å². The standard InChI is InChI=1S/C38H50N4O5S/c1-25(2)23-48(45,46)39-36(43)28-12-17-32-33(20-28)41(24-38(18-19-38)37(44)42-29-13-14-30(42)22-40(3)21-29)35(27-10-15-31(47-4)16-11-27)34(32)26-8-6-5-7-9-26/h10-12,15-17,20,25-26,29-30H,5-9,13-14,18-19,21-24H2,1-4H3,(H,39,43). The predicted octanol–water partition coefficient (Wildman–Crippen LogP) is 6.17. The van der Waals surface area contributed by atoms with E-state index in [1.165, 1.54) is 24.8 Å². The maximum atomic E-state index is 14.6. The first-order chi connectivity index (χ1) is 23.0. The number of carbonyl (C=O) groups is 2. The Labute approximate surface area is 285 Å². The van der Waals surface area contributed by atoms with E-state index in [4.69, 9.17) is 4.74 Å². The van der Waals surface area contributed by atoms with Crippen LogP contribution in [0.2, 0.25) is 0 Å². The fourth-order valence-corrected chi connectivity index (χ4v) is 10.2. The third-order valence-corrected chi connectivity index (χ3v) is 12.8. The molecule has 2 saturated carbocycles. The first kappa shape index (κ1) is 33.1. The lowest BCUT2D eigenvalue weighted by molar-refractivity contribution is -0.143. The molecule has 0 radical (unpaired) electrons. The number of hydrogen-bond acceptors (Lipinski definition) is 6. The van der Waals surface area contributed by atoms with E-state index in [9.17, 15) is 18.0 Å². The second-order valence-corrected chi connectivity index (χ2v) is 17.1. The van der Waals surface area contributed by atoms with Crippen molar-refractivity contribution in [3.8, 4) is 17.0 Å². The van der Waals surface area contributed by atoms with Crippen LogP contribution in [0.1, 0.15) is 93.5 Å². The second kappa shape index (κ2) is 12.8. The molecule has 9 nitrogen and oxygen atoms in total. The van der Waals surface area contributed by atoms with Gasteiger partial charge < -0.3 is 19.1 Å². The van der Waals surface area contributed by atoms with E-state index >= 15 is 0 Å². The number of nitrogens with zero attached hydrogens (tertiary/aromatic N) is 3. The molecule has 2 aromatic carbocycles. The molecule has 2 saturated heterocycles. The van der Waals surface area contributed by atoms with Crippen molar-refractivity contribution in [2.75, 3.05) is 33.0 Å². The van der Waals surface area contributed by atoms with Crippen LogP contribution in [0.5, 0.6) is 5.75 Å². The number of nitrogens with one attached hydrogen (secondary N) is 1. The Morgan fingerprint density at radius 1 is 0.958 bits per heavy atom. The molecule has 2 atom stereocenters. The van der Waals surface area contributed by atoms with Gasteiger partial charge in [-0.05, 0) is 105 Å². The van der Waals surface area contributed by atoms with Crippen LogP contribution >= 0.6 is 0 Å². The summed E-state index contributed by atoms with van der Waals surface area (Å²) in [6.07, 6.45) is 9.54. The fourth-order valence-electron chi connectivity index (χ4n) is 8.84. The summed E-state index contributed by atoms with van der Waals surface area (Å²) >= 11 is 0. The molecule has 7 rings (SSSR count). The highest BCUT2D eigenvalue weighted by molar-refractivity contribution is 7.90. The summed E-state index contributed by atoms with van der Waals surface area (Å²) in [5.41, 5.74) is 4.13. The van der Waals surface area contributed by atoms with E-state index in [2.05, 4.69) is 38.3 Å². The molecule has 3 aromatic rings. The third kappa shape index (κ3) is 6.26. The zero-order valence-electron chi connectivity index (χ0n) is 28.8. The number of methoxy groups -OCH3 is 1. The van der Waals surface area contributed by atoms with Crippen LogP contribution in [-0.4, -0.2) is 79.7 Å². The van der Waals surface area contributed by atoms with Gasteiger partial charge in [0.1, 0.15) is 5.75 Å². The zero-order valence-corrected chi connectivity index (χ0v) is 29.7. The number of benzene rings is 2. The van der Waals surface area contributed by atoms with Crippen LogP contribution in [-0.2, 0) is 21.4 Å². The van der Waals surface area contributed by atoms with Gasteiger partial charge in [0.2, 0.25) is 15.9 Å². The SMILES string of the molecule is COc1ccc(-c2c(C3CCCCC3)c3ccc(C(=O)NS(=O)(=O)CC(C)C)cc3n2CC2(C(=O)N3C4CCC3CN(C)C4)CC2)cc1. The van der Waals surface area contributed by atoms with E-state index in [-0.39, 0.29) is 29.7 Å². The molecule has 4 fully saturated rings. The number of aromatic nitrogens is 1. The van der Waals surface area contributed by atoms with E-state index in [0.717, 1.165) is 79.5 Å². The molecule has 10 heteroatoms. The molecule has 1 aromatic heterocycles. The molecule has 2 aliphatic heterocycles. The third-order valence-electron chi connectivity index (χ3n) is 11.2. The second-order valence-electron chi connectivity index (χ2n) is 15.3. The van der Waals surface area contributed by atoms with E-state index in [0.29, 0.717) is 18.0 Å². The number of ether oxygens (including phenoxy) is 1. The Hall–Kier alpha value is -3.37. The van der Waals surface area contributed by atoms with Crippen molar-refractivity contribution in [2.45, 2.75) is 96.2 Å². The molecule has 2 unspecified atom stereocenters. The minimum Gasteiger partial charge on any atom is -0.497 e. The van der Waals surface area contributed by atoms with Gasteiger partial charge in [-0.15, -0.1) is 0 Å². The predicted molar refractivity (Wildman–Crippen MR) is 189 cm³/mol. The van der Waals surface area contributed by atoms with Crippen LogP contribution in [0.4, 0.5) is 0 Å². The van der Waals surface area contributed by atoms with Crippen molar-refractivity contribution < 1.29 is 22.7 Å². The van der Waals surface area contributed by atoms with Crippen molar-refractivity contribution >= 4 is 32.7 Å². The van der Waals surface area contributed by atoms with E-state index in [1.807, 2.05) is 38.1 Å². The molecule has 0 spiro atoms. The van der Waals surface area contributed by atoms with Crippen molar-refractivity contribution in [2.24, 2.45) is 11.3 Å². The Balaban J connectivity index is 1.36. The number of fused-ring (bicyclic) bond motifs is 3. The van der Waals surface area contributed by atoms with Crippen LogP contribution < -0.4 is 9.46 Å². The van der Waals surface area contributed by atoms with Crippen LogP contribution in [0.3, 0.4) is 0 Å². The quantitative estimate of drug-likeness (QED) is 0.276. The lowest BCUT2D eigenvalue weighted by atomic mass is 9.81. The van der Waals surface area contributed by atoms with Gasteiger partial charge in [0.15, 0.2) is 0 Å². The molecule has 2 aliphatic carbocycles. The molecule has 48 heavy (non-hydrogen) atoms. The Kier molecular flexibility index (Phi) is 8.85. The smallest absolute Gasteiger partial charge is 0.264 e. The number of amides is 2. The summed E-state index contributed by atoms with van der Waals surface area (Å²) in [6.45, 7) is 6.01. The van der Waals surface area contributed by atoms with Crippen molar-refractivity contribution in [1.29, 1.82) is 0 Å². The minimum absolute atomic E-state index is 0.108. The minimum atomic E-state index is -3.78. The molecule has 258 valence electrons. The monoisotopic (exact) mass is 674 g/mol. The van der Waals surface area contributed by atoms with Crippen LogP contribution in [0, 0.1) is 11.3 Å². The van der Waals surface area contributed by atoms with Crippen molar-refractivity contribution in [1.82, 2.24) is 19.1 Å². The fraction of sp³-hybridized carbons (Fsp3) is 0.579. The number of likely N-dealkylation sites (N-methyl/N-ethyl adjacent to an activating group) is 1.